The minimum absolute atomic E-state index is 0.287. The molecule has 0 aromatic heterocycles. The molecular formula is C9H7F2NO3S. The minimum atomic E-state index is -4.11. The number of phenolic OH excluding ortho intramolecular Hbond substituents is 1. The Bertz CT molecular complexity index is 575. The Labute approximate surface area is 90.7 Å². The molecule has 0 aliphatic heterocycles. The van der Waals surface area contributed by atoms with Gasteiger partial charge in [-0.15, -0.1) is 0 Å². The van der Waals surface area contributed by atoms with Crippen LogP contribution < -0.4 is 0 Å². The summed E-state index contributed by atoms with van der Waals surface area (Å²) < 4.78 is 48.7. The highest BCUT2D eigenvalue weighted by molar-refractivity contribution is 7.90. The van der Waals surface area contributed by atoms with Gasteiger partial charge in [-0.05, 0) is 6.07 Å². The summed E-state index contributed by atoms with van der Waals surface area (Å²) in [6, 6.07) is 2.23. The van der Waals surface area contributed by atoms with Gasteiger partial charge < -0.3 is 5.11 Å². The highest BCUT2D eigenvalue weighted by Gasteiger charge is 2.24. The Morgan fingerprint density at radius 3 is 2.50 bits per heavy atom. The fourth-order valence-corrected chi connectivity index (χ4v) is 2.04. The summed E-state index contributed by atoms with van der Waals surface area (Å²) in [5, 5.41) is 17.6. The number of nitriles is 1. The molecule has 0 saturated carbocycles. The molecule has 1 aromatic rings. The molecule has 0 heterocycles. The second-order valence-corrected chi connectivity index (χ2v) is 5.07. The molecule has 0 aliphatic carbocycles. The Morgan fingerprint density at radius 1 is 1.50 bits per heavy atom. The van der Waals surface area contributed by atoms with E-state index < -0.39 is 38.5 Å². The summed E-state index contributed by atoms with van der Waals surface area (Å²) in [7, 11) is -4.11. The fourth-order valence-electron chi connectivity index (χ4n) is 1.20. The number of halogens is 2. The minimum Gasteiger partial charge on any atom is -0.505 e. The smallest absolute Gasteiger partial charge is 0.186 e. The fraction of sp³-hybridized carbons (Fsp3) is 0.222. The maximum Gasteiger partial charge on any atom is 0.186 e. The van der Waals surface area contributed by atoms with E-state index in [9.17, 15) is 22.3 Å². The van der Waals surface area contributed by atoms with E-state index >= 15 is 0 Å². The molecule has 4 nitrogen and oxygen atoms in total. The lowest BCUT2D eigenvalue weighted by atomic mass is 10.1. The molecule has 86 valence electrons. The number of sulfone groups is 1. The monoisotopic (exact) mass is 247 g/mol. The average molecular weight is 247 g/mol. The quantitative estimate of drug-likeness (QED) is 0.850. The third-order valence-electron chi connectivity index (χ3n) is 1.87. The Balaban J connectivity index is 3.60. The van der Waals surface area contributed by atoms with E-state index in [1.807, 2.05) is 0 Å². The van der Waals surface area contributed by atoms with E-state index in [2.05, 4.69) is 0 Å². The van der Waals surface area contributed by atoms with Crippen LogP contribution in [0.25, 0.3) is 0 Å². The van der Waals surface area contributed by atoms with Gasteiger partial charge in [-0.2, -0.15) is 5.26 Å². The maximum atomic E-state index is 13.4. The van der Waals surface area contributed by atoms with Crippen molar-refractivity contribution < 1.29 is 22.3 Å². The van der Waals surface area contributed by atoms with E-state index in [-0.39, 0.29) is 5.56 Å². The average Bonchev–Trinajstić information content (AvgIpc) is 2.12. The lowest BCUT2D eigenvalue weighted by Crippen LogP contribution is -2.06. The van der Waals surface area contributed by atoms with Crippen molar-refractivity contribution in [3.63, 3.8) is 0 Å². The standard InChI is InChI=1S/C9H7F2NO3S/c1-16(14,15)9-6(10)4-5(2-3-12)8(13)7(9)11/h4,13H,2H2,1H3. The number of aromatic hydroxyl groups is 1. The van der Waals surface area contributed by atoms with Gasteiger partial charge in [0.2, 0.25) is 0 Å². The third-order valence-corrected chi connectivity index (χ3v) is 2.99. The van der Waals surface area contributed by atoms with Gasteiger partial charge in [0.05, 0.1) is 12.5 Å². The molecule has 0 unspecified atom stereocenters. The number of benzene rings is 1. The van der Waals surface area contributed by atoms with Gasteiger partial charge in [0.25, 0.3) is 0 Å². The number of rotatable bonds is 2. The summed E-state index contributed by atoms with van der Waals surface area (Å²) in [6.45, 7) is 0. The predicted molar refractivity (Wildman–Crippen MR) is 50.4 cm³/mol. The van der Waals surface area contributed by atoms with Crippen molar-refractivity contribution in [1.82, 2.24) is 0 Å². The van der Waals surface area contributed by atoms with E-state index in [1.54, 1.807) is 6.07 Å². The van der Waals surface area contributed by atoms with E-state index in [0.29, 0.717) is 12.3 Å². The Hall–Kier alpha value is -1.68. The lowest BCUT2D eigenvalue weighted by molar-refractivity contribution is 0.407. The molecule has 0 bridgehead atoms. The van der Waals surface area contributed by atoms with Gasteiger partial charge >= 0.3 is 0 Å². The summed E-state index contributed by atoms with van der Waals surface area (Å²) in [5.41, 5.74) is -0.287. The molecule has 16 heavy (non-hydrogen) atoms. The third kappa shape index (κ3) is 2.12. The zero-order chi connectivity index (χ0) is 12.5. The summed E-state index contributed by atoms with van der Waals surface area (Å²) in [5.74, 6) is -3.89. The van der Waals surface area contributed by atoms with Crippen molar-refractivity contribution in [2.75, 3.05) is 6.26 Å². The molecule has 0 saturated heterocycles. The molecule has 1 rings (SSSR count). The molecule has 7 heteroatoms. The van der Waals surface area contributed by atoms with Crippen LogP contribution >= 0.6 is 0 Å². The highest BCUT2D eigenvalue weighted by atomic mass is 32.2. The molecule has 0 spiro atoms. The zero-order valence-electron chi connectivity index (χ0n) is 8.16. The molecule has 1 N–H and O–H groups in total. The number of phenols is 1. The van der Waals surface area contributed by atoms with Crippen LogP contribution in [-0.4, -0.2) is 19.8 Å². The molecular weight excluding hydrogens is 240 g/mol. The highest BCUT2D eigenvalue weighted by Crippen LogP contribution is 2.30. The van der Waals surface area contributed by atoms with Gasteiger partial charge in [-0.3, -0.25) is 0 Å². The van der Waals surface area contributed by atoms with Crippen molar-refractivity contribution in [1.29, 1.82) is 5.26 Å². The van der Waals surface area contributed by atoms with Crippen LogP contribution in [0.15, 0.2) is 11.0 Å². The van der Waals surface area contributed by atoms with Crippen molar-refractivity contribution in [2.24, 2.45) is 0 Å². The number of hydrogen-bond acceptors (Lipinski definition) is 4. The largest absolute Gasteiger partial charge is 0.505 e. The maximum absolute atomic E-state index is 13.4. The molecule has 0 atom stereocenters. The first-order valence-electron chi connectivity index (χ1n) is 4.06. The van der Waals surface area contributed by atoms with Gasteiger partial charge in [0, 0.05) is 11.8 Å². The number of nitrogens with zero attached hydrogens (tertiary/aromatic N) is 1. The molecule has 0 aliphatic rings. The summed E-state index contributed by atoms with van der Waals surface area (Å²) in [4.78, 5) is -1.19. The van der Waals surface area contributed by atoms with Crippen LogP contribution in [0.4, 0.5) is 8.78 Å². The summed E-state index contributed by atoms with van der Waals surface area (Å²) >= 11 is 0. The van der Waals surface area contributed by atoms with Crippen molar-refractivity contribution in [3.05, 3.63) is 23.3 Å². The Morgan fingerprint density at radius 2 is 2.06 bits per heavy atom. The number of hydrogen-bond donors (Lipinski definition) is 1. The Kier molecular flexibility index (Phi) is 3.14. The molecule has 0 radical (unpaired) electrons. The van der Waals surface area contributed by atoms with Crippen LogP contribution in [0.3, 0.4) is 0 Å². The molecule has 0 amide bonds. The second-order valence-electron chi connectivity index (χ2n) is 3.12. The summed E-state index contributed by atoms with van der Waals surface area (Å²) in [6.07, 6.45) is 0.210. The van der Waals surface area contributed by atoms with Crippen LogP contribution in [0, 0.1) is 23.0 Å². The second kappa shape index (κ2) is 4.06. The van der Waals surface area contributed by atoms with Gasteiger partial charge in [0.1, 0.15) is 10.7 Å². The van der Waals surface area contributed by atoms with Gasteiger partial charge in [0.15, 0.2) is 21.4 Å². The van der Waals surface area contributed by atoms with Crippen molar-refractivity contribution in [3.8, 4) is 11.8 Å². The van der Waals surface area contributed by atoms with Crippen molar-refractivity contribution in [2.45, 2.75) is 11.3 Å². The van der Waals surface area contributed by atoms with Gasteiger partial charge in [-0.25, -0.2) is 17.2 Å². The van der Waals surface area contributed by atoms with E-state index in [4.69, 9.17) is 5.26 Å². The van der Waals surface area contributed by atoms with Crippen LogP contribution in [-0.2, 0) is 16.3 Å². The molecule has 0 fully saturated rings. The van der Waals surface area contributed by atoms with E-state index in [1.165, 1.54) is 0 Å². The topological polar surface area (TPSA) is 78.2 Å². The van der Waals surface area contributed by atoms with E-state index in [0.717, 1.165) is 0 Å². The van der Waals surface area contributed by atoms with Gasteiger partial charge in [-0.1, -0.05) is 0 Å². The molecule has 1 aromatic carbocycles. The normalized spacial score (nSPS) is 11.1. The first-order chi connectivity index (χ1) is 7.29. The predicted octanol–water partition coefficient (Wildman–Crippen LogP) is 1.14. The SMILES string of the molecule is CS(=O)(=O)c1c(F)cc(CC#N)c(O)c1F. The first-order valence-corrected chi connectivity index (χ1v) is 5.95. The van der Waals surface area contributed by atoms with Crippen LogP contribution in [0.5, 0.6) is 5.75 Å². The zero-order valence-corrected chi connectivity index (χ0v) is 8.98. The van der Waals surface area contributed by atoms with Crippen LogP contribution in [0.2, 0.25) is 0 Å². The lowest BCUT2D eigenvalue weighted by Gasteiger charge is -2.07. The van der Waals surface area contributed by atoms with Crippen molar-refractivity contribution >= 4 is 9.84 Å². The first kappa shape index (κ1) is 12.4. The van der Waals surface area contributed by atoms with Crippen LogP contribution in [0.1, 0.15) is 5.56 Å².